The topological polar surface area (TPSA) is 86.7 Å². The average molecular weight is 235 g/mol. The first-order valence-corrected chi connectivity index (χ1v) is 5.56. The molecule has 0 radical (unpaired) electrons. The van der Waals surface area contributed by atoms with Gasteiger partial charge >= 0.3 is 0 Å². The summed E-state index contributed by atoms with van der Waals surface area (Å²) >= 11 is 0. The quantitative estimate of drug-likeness (QED) is 0.666. The van der Waals surface area contributed by atoms with Gasteiger partial charge in [0.2, 0.25) is 5.89 Å². The average Bonchev–Trinajstić information content (AvgIpc) is 2.86. The van der Waals surface area contributed by atoms with Crippen LogP contribution in [0.15, 0.2) is 28.7 Å². The Bertz CT molecular complexity index is 505. The molecule has 1 aliphatic carbocycles. The number of fused-ring (bicyclic) bond motifs is 1. The Labute approximate surface area is 97.3 Å². The number of oxazole rings is 1. The van der Waals surface area contributed by atoms with Gasteiger partial charge in [-0.3, -0.25) is 0 Å². The number of hydrogen-bond acceptors (Lipinski definition) is 5. The van der Waals surface area contributed by atoms with Crippen molar-refractivity contribution >= 4 is 11.1 Å². The molecule has 3 rings (SSSR count). The van der Waals surface area contributed by atoms with Gasteiger partial charge in [-0.15, -0.1) is 0 Å². The number of aromatic nitrogens is 1. The Morgan fingerprint density at radius 1 is 1.12 bits per heavy atom. The van der Waals surface area contributed by atoms with E-state index in [2.05, 4.69) is 4.98 Å². The molecule has 1 heterocycles. The van der Waals surface area contributed by atoms with Crippen LogP contribution in [0.4, 0.5) is 0 Å². The summed E-state index contributed by atoms with van der Waals surface area (Å²) < 4.78 is 5.53. The van der Waals surface area contributed by atoms with Crippen molar-refractivity contribution in [3.05, 3.63) is 30.2 Å². The highest BCUT2D eigenvalue weighted by molar-refractivity contribution is 5.72. The second-order valence-electron chi connectivity index (χ2n) is 4.41. The third kappa shape index (κ3) is 1.63. The molecule has 1 fully saturated rings. The number of nitrogens with zero attached hydrogens (tertiary/aromatic N) is 1. The maximum Gasteiger partial charge on any atom is 0.201 e. The van der Waals surface area contributed by atoms with Crippen LogP contribution in [0.1, 0.15) is 18.2 Å². The van der Waals surface area contributed by atoms with E-state index < -0.39 is 24.2 Å². The van der Waals surface area contributed by atoms with E-state index in [-0.39, 0.29) is 6.42 Å². The number of para-hydroxylation sites is 2. The van der Waals surface area contributed by atoms with Gasteiger partial charge in [0.15, 0.2) is 5.58 Å². The molecule has 1 aliphatic rings. The standard InChI is InChI=1S/C12H13NO4/c14-8-5-6(10(15)11(8)16)12-13-7-3-1-2-4-9(7)17-12/h1-4,6,8,10-11,14-16H,5H2/t6-,8+,10+,11-/m0/s1. The fourth-order valence-electron chi connectivity index (χ4n) is 2.30. The molecule has 2 aromatic rings. The van der Waals surface area contributed by atoms with E-state index in [9.17, 15) is 15.3 Å². The fourth-order valence-corrected chi connectivity index (χ4v) is 2.30. The van der Waals surface area contributed by atoms with Crippen molar-refractivity contribution in [3.8, 4) is 0 Å². The summed E-state index contributed by atoms with van der Waals surface area (Å²) in [4.78, 5) is 4.27. The summed E-state index contributed by atoms with van der Waals surface area (Å²) in [6, 6.07) is 7.30. The molecular weight excluding hydrogens is 222 g/mol. The molecule has 0 saturated heterocycles. The summed E-state index contributed by atoms with van der Waals surface area (Å²) in [5.74, 6) is -0.0818. The van der Waals surface area contributed by atoms with Crippen LogP contribution in [0.3, 0.4) is 0 Å². The molecule has 0 amide bonds. The van der Waals surface area contributed by atoms with Gasteiger partial charge in [0.1, 0.15) is 11.6 Å². The van der Waals surface area contributed by atoms with Crippen LogP contribution in [0.2, 0.25) is 0 Å². The Morgan fingerprint density at radius 3 is 2.53 bits per heavy atom. The second kappa shape index (κ2) is 3.80. The van der Waals surface area contributed by atoms with Gasteiger partial charge in [-0.1, -0.05) is 12.1 Å². The molecule has 0 spiro atoms. The maximum atomic E-state index is 9.80. The normalized spacial score (nSPS) is 33.4. The van der Waals surface area contributed by atoms with E-state index in [1.807, 2.05) is 18.2 Å². The first-order chi connectivity index (χ1) is 8.16. The van der Waals surface area contributed by atoms with Crippen LogP contribution < -0.4 is 0 Å². The molecule has 3 N–H and O–H groups in total. The Morgan fingerprint density at radius 2 is 1.88 bits per heavy atom. The van der Waals surface area contributed by atoms with Gasteiger partial charge in [0.05, 0.1) is 18.1 Å². The number of benzene rings is 1. The molecule has 17 heavy (non-hydrogen) atoms. The Kier molecular flexibility index (Phi) is 2.39. The molecule has 90 valence electrons. The van der Waals surface area contributed by atoms with Crippen molar-refractivity contribution in [1.82, 2.24) is 4.98 Å². The fraction of sp³-hybridized carbons (Fsp3) is 0.417. The number of rotatable bonds is 1. The molecule has 1 aromatic carbocycles. The minimum Gasteiger partial charge on any atom is -0.440 e. The van der Waals surface area contributed by atoms with Crippen LogP contribution in [0.25, 0.3) is 11.1 Å². The molecule has 0 unspecified atom stereocenters. The SMILES string of the molecule is O[C@@H]1[C@H](O)[C@@H](c2nc3ccccc3o2)C[C@H]1O. The zero-order chi connectivity index (χ0) is 12.0. The predicted octanol–water partition coefficient (Wildman–Crippen LogP) is 0.398. The molecular formula is C12H13NO4. The highest BCUT2D eigenvalue weighted by Crippen LogP contribution is 2.35. The zero-order valence-corrected chi connectivity index (χ0v) is 9.02. The third-order valence-corrected chi connectivity index (χ3v) is 3.28. The van der Waals surface area contributed by atoms with Crippen LogP contribution in [0.5, 0.6) is 0 Å². The smallest absolute Gasteiger partial charge is 0.201 e. The molecule has 1 aromatic heterocycles. The predicted molar refractivity (Wildman–Crippen MR) is 59.4 cm³/mol. The summed E-state index contributed by atoms with van der Waals surface area (Å²) in [6.07, 6.45) is -2.83. The molecule has 0 bridgehead atoms. The van der Waals surface area contributed by atoms with Crippen molar-refractivity contribution < 1.29 is 19.7 Å². The van der Waals surface area contributed by atoms with Crippen LogP contribution >= 0.6 is 0 Å². The minimum absolute atomic E-state index is 0.259. The van der Waals surface area contributed by atoms with E-state index in [1.165, 1.54) is 0 Å². The van der Waals surface area contributed by atoms with E-state index in [1.54, 1.807) is 6.07 Å². The first kappa shape index (κ1) is 10.7. The summed E-state index contributed by atoms with van der Waals surface area (Å²) in [7, 11) is 0. The van der Waals surface area contributed by atoms with E-state index in [0.717, 1.165) is 0 Å². The number of aliphatic hydroxyl groups excluding tert-OH is 3. The highest BCUT2D eigenvalue weighted by atomic mass is 16.4. The molecule has 1 saturated carbocycles. The summed E-state index contributed by atoms with van der Waals surface area (Å²) in [6.45, 7) is 0. The lowest BCUT2D eigenvalue weighted by atomic mass is 10.1. The van der Waals surface area contributed by atoms with Gasteiger partial charge in [0.25, 0.3) is 0 Å². The van der Waals surface area contributed by atoms with Crippen molar-refractivity contribution in [2.75, 3.05) is 0 Å². The lowest BCUT2D eigenvalue weighted by Gasteiger charge is -2.12. The lowest BCUT2D eigenvalue weighted by molar-refractivity contribution is -0.0219. The van der Waals surface area contributed by atoms with Crippen LogP contribution in [-0.4, -0.2) is 38.6 Å². The second-order valence-corrected chi connectivity index (χ2v) is 4.41. The van der Waals surface area contributed by atoms with Gasteiger partial charge in [-0.2, -0.15) is 0 Å². The number of hydrogen-bond donors (Lipinski definition) is 3. The molecule has 5 nitrogen and oxygen atoms in total. The Hall–Kier alpha value is -1.43. The summed E-state index contributed by atoms with van der Waals surface area (Å²) in [5, 5.41) is 28.8. The van der Waals surface area contributed by atoms with Gasteiger partial charge < -0.3 is 19.7 Å². The lowest BCUT2D eigenvalue weighted by Crippen LogP contribution is -2.29. The largest absolute Gasteiger partial charge is 0.440 e. The molecule has 4 atom stereocenters. The zero-order valence-electron chi connectivity index (χ0n) is 9.02. The highest BCUT2D eigenvalue weighted by Gasteiger charge is 2.43. The molecule has 5 heteroatoms. The number of aliphatic hydroxyl groups is 3. The van der Waals surface area contributed by atoms with Crippen molar-refractivity contribution in [2.45, 2.75) is 30.7 Å². The molecule has 0 aliphatic heterocycles. The van der Waals surface area contributed by atoms with E-state index >= 15 is 0 Å². The monoisotopic (exact) mass is 235 g/mol. The first-order valence-electron chi connectivity index (χ1n) is 5.56. The van der Waals surface area contributed by atoms with Crippen molar-refractivity contribution in [3.63, 3.8) is 0 Å². The van der Waals surface area contributed by atoms with Gasteiger partial charge in [0, 0.05) is 0 Å². The van der Waals surface area contributed by atoms with Crippen LogP contribution in [0, 0.1) is 0 Å². The van der Waals surface area contributed by atoms with Crippen LogP contribution in [-0.2, 0) is 0 Å². The Balaban J connectivity index is 1.99. The minimum atomic E-state index is -1.13. The summed E-state index contributed by atoms with van der Waals surface area (Å²) in [5.41, 5.74) is 1.36. The van der Waals surface area contributed by atoms with E-state index in [0.29, 0.717) is 17.0 Å². The van der Waals surface area contributed by atoms with Gasteiger partial charge in [-0.05, 0) is 18.6 Å². The van der Waals surface area contributed by atoms with Gasteiger partial charge in [-0.25, -0.2) is 4.98 Å². The maximum absolute atomic E-state index is 9.80. The van der Waals surface area contributed by atoms with Crippen molar-refractivity contribution in [2.24, 2.45) is 0 Å². The third-order valence-electron chi connectivity index (χ3n) is 3.28. The van der Waals surface area contributed by atoms with E-state index in [4.69, 9.17) is 4.42 Å². The van der Waals surface area contributed by atoms with Crippen molar-refractivity contribution in [1.29, 1.82) is 0 Å².